The summed E-state index contributed by atoms with van der Waals surface area (Å²) in [7, 11) is 1.43. The van der Waals surface area contributed by atoms with E-state index in [1.165, 1.54) is 40.5 Å². The molecule has 0 saturated carbocycles. The van der Waals surface area contributed by atoms with Crippen LogP contribution < -0.4 is 9.80 Å². The van der Waals surface area contributed by atoms with Crippen LogP contribution in [-0.2, 0) is 9.53 Å². The molecule has 4 nitrogen and oxygen atoms in total. The average molecular weight is 405 g/mol. The third kappa shape index (κ3) is 4.00. The molecule has 3 rings (SSSR count). The van der Waals surface area contributed by atoms with E-state index in [4.69, 9.17) is 4.74 Å². The van der Waals surface area contributed by atoms with Gasteiger partial charge in [0.05, 0.1) is 24.4 Å². The smallest absolute Gasteiger partial charge is 0.312 e. The van der Waals surface area contributed by atoms with Gasteiger partial charge in [-0.2, -0.15) is 0 Å². The molecule has 0 bridgehead atoms. The molecule has 30 heavy (non-hydrogen) atoms. The molecule has 0 radical (unpaired) electrons. The van der Waals surface area contributed by atoms with E-state index >= 15 is 0 Å². The third-order valence-electron chi connectivity index (χ3n) is 5.58. The summed E-state index contributed by atoms with van der Waals surface area (Å²) < 4.78 is 4.99. The van der Waals surface area contributed by atoms with Crippen LogP contribution in [0.15, 0.2) is 48.6 Å². The first-order valence-electron chi connectivity index (χ1n) is 10.4. The van der Waals surface area contributed by atoms with Crippen molar-refractivity contribution in [3.63, 3.8) is 0 Å². The molecule has 0 amide bonds. The summed E-state index contributed by atoms with van der Waals surface area (Å²) >= 11 is 0. The zero-order valence-corrected chi connectivity index (χ0v) is 19.3. The summed E-state index contributed by atoms with van der Waals surface area (Å²) in [5.74, 6) is 0.328. The minimum Gasteiger partial charge on any atom is -0.469 e. The van der Waals surface area contributed by atoms with E-state index < -0.39 is 0 Å². The largest absolute Gasteiger partial charge is 0.469 e. The Morgan fingerprint density at radius 2 is 1.17 bits per heavy atom. The maximum Gasteiger partial charge on any atom is 0.312 e. The summed E-state index contributed by atoms with van der Waals surface area (Å²) in [5, 5.41) is 0. The highest BCUT2D eigenvalue weighted by molar-refractivity contribution is 5.79. The highest BCUT2D eigenvalue weighted by Crippen LogP contribution is 2.39. The zero-order chi connectivity index (χ0) is 22.2. The molecule has 158 valence electrons. The molecule has 0 fully saturated rings. The van der Waals surface area contributed by atoms with Crippen LogP contribution in [0, 0.1) is 47.5 Å². The molecule has 0 N–H and O–H groups in total. The minimum atomic E-state index is -0.368. The van der Waals surface area contributed by atoms with Gasteiger partial charge < -0.3 is 14.5 Å². The van der Waals surface area contributed by atoms with E-state index in [0.29, 0.717) is 0 Å². The van der Waals surface area contributed by atoms with Crippen molar-refractivity contribution < 1.29 is 9.53 Å². The second-order valence-electron chi connectivity index (χ2n) is 8.37. The molecule has 0 aromatic heterocycles. The van der Waals surface area contributed by atoms with E-state index in [1.54, 1.807) is 0 Å². The lowest BCUT2D eigenvalue weighted by Gasteiger charge is -2.30. The fourth-order valence-electron chi connectivity index (χ4n) is 4.52. The van der Waals surface area contributed by atoms with Gasteiger partial charge in [0.1, 0.15) is 5.82 Å². The number of rotatable bonds is 4. The Balaban J connectivity index is 2.18. The zero-order valence-electron chi connectivity index (χ0n) is 19.3. The number of methoxy groups -OCH3 is 1. The number of ether oxygens (including phenoxy) is 1. The van der Waals surface area contributed by atoms with Gasteiger partial charge in [-0.3, -0.25) is 4.79 Å². The minimum absolute atomic E-state index is 0.246. The number of nitrogens with zero attached hydrogens (tertiary/aromatic N) is 2. The average Bonchev–Trinajstić information content (AvgIpc) is 3.02. The van der Waals surface area contributed by atoms with Crippen LogP contribution in [-0.4, -0.2) is 13.1 Å². The fraction of sp³-hybridized carbons (Fsp3) is 0.346. The lowest BCUT2D eigenvalue weighted by molar-refractivity contribution is -0.143. The van der Waals surface area contributed by atoms with Crippen molar-refractivity contribution in [2.45, 2.75) is 48.5 Å². The monoisotopic (exact) mass is 404 g/mol. The Labute approximate surface area is 180 Å². The van der Waals surface area contributed by atoms with E-state index in [9.17, 15) is 4.79 Å². The SMILES string of the molecule is COC(=O)C(C)C=C1N(c2c(C)cc(C)cc2C)C=CN1c1c(C)cc(C)cc1C. The number of benzene rings is 2. The topological polar surface area (TPSA) is 32.8 Å². The maximum atomic E-state index is 12.2. The Morgan fingerprint density at radius 1 is 0.800 bits per heavy atom. The van der Waals surface area contributed by atoms with Crippen LogP contribution in [0.2, 0.25) is 0 Å². The van der Waals surface area contributed by atoms with Gasteiger partial charge in [0, 0.05) is 12.4 Å². The van der Waals surface area contributed by atoms with Crippen LogP contribution in [0.3, 0.4) is 0 Å². The van der Waals surface area contributed by atoms with Gasteiger partial charge in [-0.25, -0.2) is 0 Å². The van der Waals surface area contributed by atoms with Crippen molar-refractivity contribution in [2.75, 3.05) is 16.9 Å². The summed E-state index contributed by atoms with van der Waals surface area (Å²) in [5.41, 5.74) is 9.58. The predicted molar refractivity (Wildman–Crippen MR) is 125 cm³/mol. The molecule has 0 aliphatic carbocycles. The van der Waals surface area contributed by atoms with Gasteiger partial charge in [-0.05, 0) is 76.8 Å². The highest BCUT2D eigenvalue weighted by atomic mass is 16.5. The van der Waals surface area contributed by atoms with Crippen LogP contribution in [0.1, 0.15) is 40.3 Å². The van der Waals surface area contributed by atoms with Gasteiger partial charge in [0.25, 0.3) is 0 Å². The lowest BCUT2D eigenvalue weighted by atomic mass is 10.0. The van der Waals surface area contributed by atoms with E-state index in [1.807, 2.05) is 13.0 Å². The second kappa shape index (κ2) is 8.39. The Kier molecular flexibility index (Phi) is 6.06. The first kappa shape index (κ1) is 21.7. The molecule has 1 aliphatic heterocycles. The lowest BCUT2D eigenvalue weighted by Crippen LogP contribution is -2.26. The van der Waals surface area contributed by atoms with E-state index in [-0.39, 0.29) is 11.9 Å². The standard InChI is InChI=1S/C26H32N2O2/c1-16-11-18(3)24(19(4)12-16)27-9-10-28(23(27)15-22(7)26(29)30-8)25-20(5)13-17(2)14-21(25)6/h9-15,22H,1-8H3. The van der Waals surface area contributed by atoms with Gasteiger partial charge in [0.2, 0.25) is 0 Å². The van der Waals surface area contributed by atoms with Gasteiger partial charge in [-0.15, -0.1) is 0 Å². The molecule has 0 spiro atoms. The van der Waals surface area contributed by atoms with Crippen molar-refractivity contribution in [1.29, 1.82) is 0 Å². The van der Waals surface area contributed by atoms with Crippen LogP contribution in [0.5, 0.6) is 0 Å². The molecule has 2 aromatic carbocycles. The second-order valence-corrected chi connectivity index (χ2v) is 8.37. The molecule has 1 unspecified atom stereocenters. The van der Waals surface area contributed by atoms with Crippen LogP contribution >= 0.6 is 0 Å². The number of carbonyl (C=O) groups excluding carboxylic acids is 1. The molecule has 2 aromatic rings. The quantitative estimate of drug-likeness (QED) is 0.586. The number of hydrogen-bond acceptors (Lipinski definition) is 4. The summed E-state index contributed by atoms with van der Waals surface area (Å²) in [6.07, 6.45) is 6.15. The normalized spacial score (nSPS) is 14.3. The fourth-order valence-corrected chi connectivity index (χ4v) is 4.52. The first-order chi connectivity index (χ1) is 14.1. The van der Waals surface area contributed by atoms with Crippen LogP contribution in [0.4, 0.5) is 11.4 Å². The molecule has 4 heteroatoms. The Morgan fingerprint density at radius 3 is 1.50 bits per heavy atom. The van der Waals surface area contributed by atoms with Gasteiger partial charge in [0.15, 0.2) is 0 Å². The number of esters is 1. The van der Waals surface area contributed by atoms with Crippen molar-refractivity contribution in [3.8, 4) is 0 Å². The number of aryl methyl sites for hydroxylation is 6. The third-order valence-corrected chi connectivity index (χ3v) is 5.58. The van der Waals surface area contributed by atoms with Gasteiger partial charge >= 0.3 is 5.97 Å². The number of anilines is 2. The Bertz CT molecular complexity index is 933. The van der Waals surface area contributed by atoms with Crippen molar-refractivity contribution >= 4 is 17.3 Å². The number of carbonyl (C=O) groups is 1. The highest BCUT2D eigenvalue weighted by Gasteiger charge is 2.28. The van der Waals surface area contributed by atoms with Crippen molar-refractivity contribution in [3.05, 3.63) is 81.9 Å². The first-order valence-corrected chi connectivity index (χ1v) is 10.4. The summed E-state index contributed by atoms with van der Waals surface area (Å²) in [6.45, 7) is 14.6. The Hall–Kier alpha value is -3.01. The molecule has 1 atom stereocenters. The predicted octanol–water partition coefficient (Wildman–Crippen LogP) is 5.99. The van der Waals surface area contributed by atoms with E-state index in [2.05, 4.69) is 88.0 Å². The van der Waals surface area contributed by atoms with Gasteiger partial charge in [-0.1, -0.05) is 35.4 Å². The summed E-state index contributed by atoms with van der Waals surface area (Å²) in [4.78, 5) is 16.6. The van der Waals surface area contributed by atoms with Crippen molar-refractivity contribution in [1.82, 2.24) is 0 Å². The summed E-state index contributed by atoms with van der Waals surface area (Å²) in [6, 6.07) is 8.79. The van der Waals surface area contributed by atoms with Crippen molar-refractivity contribution in [2.24, 2.45) is 5.92 Å². The van der Waals surface area contributed by atoms with Crippen LogP contribution in [0.25, 0.3) is 0 Å². The molecule has 0 saturated heterocycles. The molecule has 1 aliphatic rings. The molecule has 1 heterocycles. The number of hydrogen-bond donors (Lipinski definition) is 0. The van der Waals surface area contributed by atoms with E-state index in [0.717, 1.165) is 17.2 Å². The molecular weight excluding hydrogens is 372 g/mol. The molecular formula is C26H32N2O2. The maximum absolute atomic E-state index is 12.2.